The summed E-state index contributed by atoms with van der Waals surface area (Å²) < 4.78 is 13.9. The molecular weight excluding hydrogens is 774 g/mol. The van der Waals surface area contributed by atoms with Crippen molar-refractivity contribution in [3.63, 3.8) is 0 Å². The number of hydrogen-bond acceptors (Lipinski definition) is 6. The molecule has 2 N–H and O–H groups in total. The number of halogens is 2. The average Bonchev–Trinajstić information content (AvgIpc) is 3.12. The maximum atomic E-state index is 13.9. The first-order chi connectivity index (χ1) is 22.5. The molecule has 247 valence electrons. The Balaban J connectivity index is 0.00000312. The summed E-state index contributed by atoms with van der Waals surface area (Å²) in [4.78, 5) is 0. The first-order valence-corrected chi connectivity index (χ1v) is 17.2. The minimum absolute atomic E-state index is 0. The predicted octanol–water partition coefficient (Wildman–Crippen LogP) is 2.50. The van der Waals surface area contributed by atoms with E-state index in [0.29, 0.717) is 23.3 Å². The molecule has 0 saturated heterocycles. The molecule has 0 amide bonds. The summed E-state index contributed by atoms with van der Waals surface area (Å²) in [6.45, 7) is 0. The third kappa shape index (κ3) is 9.63. The summed E-state index contributed by atoms with van der Waals surface area (Å²) >= 11 is 11.0. The third-order valence-corrected chi connectivity index (χ3v) is 11.8. The van der Waals surface area contributed by atoms with Crippen molar-refractivity contribution in [2.75, 3.05) is 13.3 Å². The third-order valence-electron chi connectivity index (χ3n) is 7.14. The topological polar surface area (TPSA) is 73.5 Å². The van der Waals surface area contributed by atoms with Crippen LogP contribution < -0.4 is 43.5 Å². The maximum Gasteiger partial charge on any atom is 2.00 e. The molecule has 0 aliphatic carbocycles. The van der Waals surface area contributed by atoms with E-state index in [4.69, 9.17) is 25.3 Å². The van der Waals surface area contributed by atoms with Gasteiger partial charge in [0.25, 0.3) is 0 Å². The van der Waals surface area contributed by atoms with E-state index in [1.165, 1.54) is 28.0 Å². The van der Waals surface area contributed by atoms with Gasteiger partial charge in [0.2, 0.25) is 0 Å². The fourth-order valence-electron chi connectivity index (χ4n) is 4.92. The van der Waals surface area contributed by atoms with Gasteiger partial charge in [0.1, 0.15) is 46.7 Å². The zero-order valence-corrected chi connectivity index (χ0v) is 30.7. The SMILES string of the molecule is CNC([S-])=NN=C(C(=NN=C([S-])NC[P+](c1ccccc1)(c1ccccc1)c1ccccc1)c1ccccc1)c1ccc(F)cc1.[Br-].[Cu+2]. The number of nitrogens with one attached hydrogen (secondary N) is 2. The van der Waals surface area contributed by atoms with E-state index >= 15 is 0 Å². The van der Waals surface area contributed by atoms with Gasteiger partial charge >= 0.3 is 17.1 Å². The van der Waals surface area contributed by atoms with E-state index in [1.54, 1.807) is 19.2 Å². The van der Waals surface area contributed by atoms with E-state index < -0.39 is 7.26 Å². The first kappa shape index (κ1) is 38.6. The van der Waals surface area contributed by atoms with Crippen molar-refractivity contribution in [1.29, 1.82) is 0 Å². The molecule has 0 spiro atoms. The van der Waals surface area contributed by atoms with Crippen molar-refractivity contribution in [2.24, 2.45) is 20.4 Å². The monoisotopic (exact) mass is 803 g/mol. The Labute approximate surface area is 313 Å². The van der Waals surface area contributed by atoms with E-state index in [-0.39, 0.29) is 50.2 Å². The molecule has 0 saturated carbocycles. The molecule has 48 heavy (non-hydrogen) atoms. The molecule has 0 unspecified atom stereocenters. The van der Waals surface area contributed by atoms with Crippen LogP contribution in [0.15, 0.2) is 166 Å². The summed E-state index contributed by atoms with van der Waals surface area (Å²) in [5.41, 5.74) is 2.06. The predicted molar refractivity (Wildman–Crippen MR) is 198 cm³/mol. The molecule has 0 heterocycles. The normalized spacial score (nSPS) is 12.4. The van der Waals surface area contributed by atoms with Crippen molar-refractivity contribution in [3.05, 3.63) is 163 Å². The van der Waals surface area contributed by atoms with Gasteiger partial charge in [0.15, 0.2) is 0 Å². The molecule has 0 bridgehead atoms. The van der Waals surface area contributed by atoms with Crippen LogP contribution in [0.25, 0.3) is 0 Å². The summed E-state index contributed by atoms with van der Waals surface area (Å²) in [5.74, 6) is -0.374. The van der Waals surface area contributed by atoms with Crippen LogP contribution in [0.5, 0.6) is 0 Å². The minimum Gasteiger partial charge on any atom is -1.00 e. The second-order valence-corrected chi connectivity index (χ2v) is 14.2. The van der Waals surface area contributed by atoms with Crippen LogP contribution in [0.4, 0.5) is 4.39 Å². The average molecular weight is 805 g/mol. The Kier molecular flexibility index (Phi) is 15.5. The van der Waals surface area contributed by atoms with Crippen molar-refractivity contribution in [2.45, 2.75) is 0 Å². The molecule has 0 aromatic heterocycles. The van der Waals surface area contributed by atoms with Crippen molar-refractivity contribution >= 4 is 70.2 Å². The van der Waals surface area contributed by atoms with E-state index in [2.05, 4.69) is 104 Å². The zero-order valence-electron chi connectivity index (χ0n) is 25.7. The number of hydrogen-bond donors (Lipinski definition) is 2. The number of benzene rings is 5. The van der Waals surface area contributed by atoms with Crippen LogP contribution >= 0.6 is 7.26 Å². The summed E-state index contributed by atoms with van der Waals surface area (Å²) in [6, 6.07) is 46.9. The molecule has 0 atom stereocenters. The molecule has 12 heteroatoms. The molecular formula is C36H31BrCuFN6PS2. The van der Waals surface area contributed by atoms with Crippen LogP contribution in [-0.2, 0) is 42.3 Å². The van der Waals surface area contributed by atoms with Gasteiger partial charge in [-0.15, -0.1) is 10.2 Å². The molecule has 0 fully saturated rings. The number of rotatable bonds is 10. The summed E-state index contributed by atoms with van der Waals surface area (Å²) in [6.07, 6.45) is 0.522. The van der Waals surface area contributed by atoms with E-state index in [9.17, 15) is 4.39 Å². The number of amidine groups is 2. The quantitative estimate of drug-likeness (QED) is 0.0569. The smallest absolute Gasteiger partial charge is 1.00 e. The van der Waals surface area contributed by atoms with Crippen molar-refractivity contribution in [3.8, 4) is 0 Å². The van der Waals surface area contributed by atoms with E-state index in [0.717, 1.165) is 5.56 Å². The Bertz CT molecular complexity index is 1750. The maximum absolute atomic E-state index is 13.9. The number of nitrogens with zero attached hydrogens (tertiary/aromatic N) is 4. The van der Waals surface area contributed by atoms with Crippen LogP contribution in [0, 0.1) is 5.82 Å². The van der Waals surface area contributed by atoms with Gasteiger partial charge in [-0.1, -0.05) is 84.9 Å². The largest absolute Gasteiger partial charge is 2.00 e. The van der Waals surface area contributed by atoms with Gasteiger partial charge in [-0.25, -0.2) is 4.39 Å². The molecule has 0 aliphatic heterocycles. The molecule has 1 radical (unpaired) electrons. The van der Waals surface area contributed by atoms with E-state index in [1.807, 2.05) is 48.5 Å². The second-order valence-electron chi connectivity index (χ2n) is 9.98. The molecule has 6 nitrogen and oxygen atoms in total. The van der Waals surface area contributed by atoms with Gasteiger partial charge in [-0.3, -0.25) is 0 Å². The molecule has 5 rings (SSSR count). The summed E-state index contributed by atoms with van der Waals surface area (Å²) in [5, 5.41) is 27.9. The molecule has 5 aromatic carbocycles. The minimum atomic E-state index is -2.21. The van der Waals surface area contributed by atoms with Crippen molar-refractivity contribution < 1.29 is 38.4 Å². The fraction of sp³-hybridized carbons (Fsp3) is 0.0556. The van der Waals surface area contributed by atoms with Gasteiger partial charge in [-0.2, -0.15) is 10.2 Å². The van der Waals surface area contributed by atoms with Gasteiger partial charge < -0.3 is 52.9 Å². The van der Waals surface area contributed by atoms with Crippen LogP contribution in [0.3, 0.4) is 0 Å². The van der Waals surface area contributed by atoms with Gasteiger partial charge in [0.05, 0.1) is 0 Å². The van der Waals surface area contributed by atoms with Crippen LogP contribution in [-0.4, -0.2) is 35.1 Å². The van der Waals surface area contributed by atoms with Crippen molar-refractivity contribution in [1.82, 2.24) is 10.6 Å². The Morgan fingerprint density at radius 1 is 0.562 bits per heavy atom. The second kappa shape index (κ2) is 19.2. The van der Waals surface area contributed by atoms with Crippen LogP contribution in [0.2, 0.25) is 0 Å². The first-order valence-electron chi connectivity index (χ1n) is 14.4. The zero-order chi connectivity index (χ0) is 32.2. The fourth-order valence-corrected chi connectivity index (χ4v) is 9.05. The Hall–Kier alpha value is -3.82. The summed E-state index contributed by atoms with van der Waals surface area (Å²) in [7, 11) is -0.552. The van der Waals surface area contributed by atoms with Gasteiger partial charge in [-0.05, 0) is 65.8 Å². The Morgan fingerprint density at radius 3 is 1.35 bits per heavy atom. The molecule has 0 aliphatic rings. The van der Waals surface area contributed by atoms with Gasteiger partial charge in [0, 0.05) is 23.3 Å². The standard InChI is InChI=1S/C36H32FN6PS2.BrH.Cu/c1-38-35(45)42-40-34(28-22-24-29(37)25-23-28)33(27-14-6-2-7-15-27)41-43-36(46)39-26-44(30-16-8-3-9-17-30,31-18-10-4-11-19-31)32-20-12-5-13-21-32;;/h2-25H,26H2,1H3,(H3-,38,39,40,41,42,43,45,46);1H;/q;;+2/p-2. The van der Waals surface area contributed by atoms with Crippen LogP contribution in [0.1, 0.15) is 11.1 Å². The Morgan fingerprint density at radius 2 is 0.938 bits per heavy atom. The molecule has 5 aromatic rings.